The third-order valence-electron chi connectivity index (χ3n) is 4.47. The first-order valence-electron chi connectivity index (χ1n) is 9.61. The number of para-hydroxylation sites is 1. The van der Waals surface area contributed by atoms with Crippen molar-refractivity contribution in [1.82, 2.24) is 9.97 Å². The van der Waals surface area contributed by atoms with Gasteiger partial charge in [-0.1, -0.05) is 53.8 Å². The third-order valence-corrected chi connectivity index (χ3v) is 6.42. The fourth-order valence-corrected chi connectivity index (χ4v) is 4.71. The molecule has 0 radical (unpaired) electrons. The molecule has 0 bridgehead atoms. The number of carbonyl (C=O) groups is 1. The van der Waals surface area contributed by atoms with E-state index in [1.165, 1.54) is 16.9 Å². The van der Waals surface area contributed by atoms with Crippen LogP contribution in [0.1, 0.15) is 22.3 Å². The number of anilines is 1. The van der Waals surface area contributed by atoms with Gasteiger partial charge >= 0.3 is 0 Å². The minimum Gasteiger partial charge on any atom is -0.481 e. The molecule has 2 aromatic heterocycles. The highest BCUT2D eigenvalue weighted by Gasteiger charge is 2.13. The number of fused-ring (bicyclic) bond motifs is 1. The first-order chi connectivity index (χ1) is 14.7. The van der Waals surface area contributed by atoms with Gasteiger partial charge in [-0.15, -0.1) is 11.8 Å². The first kappa shape index (κ1) is 20.4. The fraction of sp³-hybridized carbons (Fsp3) is 0.174. The zero-order valence-corrected chi connectivity index (χ0v) is 18.1. The van der Waals surface area contributed by atoms with E-state index >= 15 is 0 Å². The lowest BCUT2D eigenvalue weighted by molar-refractivity contribution is 0.102. The highest BCUT2D eigenvalue weighted by atomic mass is 32.2. The van der Waals surface area contributed by atoms with Crippen molar-refractivity contribution >= 4 is 44.4 Å². The van der Waals surface area contributed by atoms with Crippen LogP contribution in [-0.2, 0) is 6.42 Å². The number of pyridine rings is 1. The molecule has 0 saturated carbocycles. The van der Waals surface area contributed by atoms with Crippen LogP contribution in [-0.4, -0.2) is 28.7 Å². The van der Waals surface area contributed by atoms with Crippen LogP contribution in [0.5, 0.6) is 5.88 Å². The lowest BCUT2D eigenvalue weighted by Crippen LogP contribution is -2.12. The molecule has 2 aromatic carbocycles. The van der Waals surface area contributed by atoms with Gasteiger partial charge in [0.2, 0.25) is 5.88 Å². The van der Waals surface area contributed by atoms with Crippen LogP contribution in [0.25, 0.3) is 10.2 Å². The maximum Gasteiger partial charge on any atom is 0.257 e. The Morgan fingerprint density at radius 3 is 2.67 bits per heavy atom. The monoisotopic (exact) mass is 435 g/mol. The van der Waals surface area contributed by atoms with Crippen LogP contribution in [0, 0.1) is 0 Å². The number of aryl methyl sites for hydroxylation is 1. The summed E-state index contributed by atoms with van der Waals surface area (Å²) in [7, 11) is 1.56. The standard InChI is InChI=1S/C23H21N3O2S2/c1-28-20-14-17(22(27)26-23-24-18-11-5-6-12-19(18)30-23)15-21(25-20)29-13-7-10-16-8-3-2-4-9-16/h2-6,8-9,11-12,14-15H,7,10,13H2,1H3,(H,24,26,27). The Labute approximate surface area is 183 Å². The predicted molar refractivity (Wildman–Crippen MR) is 124 cm³/mol. The number of ether oxygens (including phenoxy) is 1. The molecule has 0 saturated heterocycles. The molecular weight excluding hydrogens is 414 g/mol. The van der Waals surface area contributed by atoms with E-state index in [1.807, 2.05) is 30.3 Å². The largest absolute Gasteiger partial charge is 0.481 e. The van der Waals surface area contributed by atoms with Crippen molar-refractivity contribution in [2.45, 2.75) is 17.9 Å². The van der Waals surface area contributed by atoms with Gasteiger partial charge in [0.05, 0.1) is 17.3 Å². The molecule has 1 N–H and O–H groups in total. The average Bonchev–Trinajstić information content (AvgIpc) is 3.19. The third kappa shape index (κ3) is 5.17. The zero-order valence-electron chi connectivity index (χ0n) is 16.5. The average molecular weight is 436 g/mol. The van der Waals surface area contributed by atoms with Gasteiger partial charge in [0.15, 0.2) is 5.13 Å². The quantitative estimate of drug-likeness (QED) is 0.285. The van der Waals surface area contributed by atoms with Gasteiger partial charge in [-0.2, -0.15) is 0 Å². The lowest BCUT2D eigenvalue weighted by Gasteiger charge is -2.08. The molecule has 7 heteroatoms. The second kappa shape index (κ2) is 9.73. The minimum atomic E-state index is -0.221. The Bertz CT molecular complexity index is 1110. The van der Waals surface area contributed by atoms with E-state index in [1.54, 1.807) is 31.0 Å². The number of thioether (sulfide) groups is 1. The number of methoxy groups -OCH3 is 1. The summed E-state index contributed by atoms with van der Waals surface area (Å²) in [5.74, 6) is 1.12. The molecular formula is C23H21N3O2S2. The summed E-state index contributed by atoms with van der Waals surface area (Å²) in [6.45, 7) is 0. The van der Waals surface area contributed by atoms with Crippen LogP contribution < -0.4 is 10.1 Å². The summed E-state index contributed by atoms with van der Waals surface area (Å²) in [6, 6.07) is 21.7. The Hall–Kier alpha value is -2.90. The number of benzene rings is 2. The van der Waals surface area contributed by atoms with Crippen molar-refractivity contribution in [2.75, 3.05) is 18.2 Å². The molecule has 30 heavy (non-hydrogen) atoms. The Morgan fingerprint density at radius 1 is 1.07 bits per heavy atom. The van der Waals surface area contributed by atoms with E-state index in [0.717, 1.165) is 33.8 Å². The summed E-state index contributed by atoms with van der Waals surface area (Å²) in [5.41, 5.74) is 2.71. The van der Waals surface area contributed by atoms with Gasteiger partial charge in [-0.05, 0) is 42.4 Å². The Balaban J connectivity index is 1.41. The van der Waals surface area contributed by atoms with E-state index in [0.29, 0.717) is 16.6 Å². The number of amides is 1. The number of hydrogen-bond acceptors (Lipinski definition) is 6. The maximum absolute atomic E-state index is 12.8. The summed E-state index contributed by atoms with van der Waals surface area (Å²) >= 11 is 3.08. The molecule has 0 spiro atoms. The second-order valence-corrected chi connectivity index (χ2v) is 8.76. The molecule has 0 aliphatic rings. The number of nitrogens with zero attached hydrogens (tertiary/aromatic N) is 2. The van der Waals surface area contributed by atoms with E-state index in [4.69, 9.17) is 4.74 Å². The van der Waals surface area contributed by atoms with E-state index in [9.17, 15) is 4.79 Å². The van der Waals surface area contributed by atoms with Crippen LogP contribution in [0.2, 0.25) is 0 Å². The number of aromatic nitrogens is 2. The van der Waals surface area contributed by atoms with E-state index in [-0.39, 0.29) is 5.91 Å². The lowest BCUT2D eigenvalue weighted by atomic mass is 10.1. The first-order valence-corrected chi connectivity index (χ1v) is 11.4. The molecule has 1 amide bonds. The molecule has 0 unspecified atom stereocenters. The van der Waals surface area contributed by atoms with Crippen molar-refractivity contribution in [3.63, 3.8) is 0 Å². The maximum atomic E-state index is 12.8. The van der Waals surface area contributed by atoms with E-state index in [2.05, 4.69) is 39.6 Å². The van der Waals surface area contributed by atoms with Crippen LogP contribution in [0.3, 0.4) is 0 Å². The molecule has 4 rings (SSSR count). The van der Waals surface area contributed by atoms with Gasteiger partial charge in [0.1, 0.15) is 5.03 Å². The predicted octanol–water partition coefficient (Wildman–Crippen LogP) is 5.68. The van der Waals surface area contributed by atoms with Crippen molar-refractivity contribution in [1.29, 1.82) is 0 Å². The van der Waals surface area contributed by atoms with Crippen molar-refractivity contribution < 1.29 is 9.53 Å². The van der Waals surface area contributed by atoms with Crippen molar-refractivity contribution in [3.8, 4) is 5.88 Å². The van der Waals surface area contributed by atoms with Crippen LogP contribution >= 0.6 is 23.1 Å². The number of hydrogen-bond donors (Lipinski definition) is 1. The number of nitrogens with one attached hydrogen (secondary N) is 1. The summed E-state index contributed by atoms with van der Waals surface area (Å²) in [4.78, 5) is 21.7. The van der Waals surface area contributed by atoms with E-state index < -0.39 is 0 Å². The fourth-order valence-electron chi connectivity index (χ4n) is 2.98. The summed E-state index contributed by atoms with van der Waals surface area (Å²) < 4.78 is 6.34. The van der Waals surface area contributed by atoms with Gasteiger partial charge < -0.3 is 4.74 Å². The van der Waals surface area contributed by atoms with Gasteiger partial charge in [-0.25, -0.2) is 9.97 Å². The van der Waals surface area contributed by atoms with Gasteiger partial charge in [0.25, 0.3) is 5.91 Å². The SMILES string of the molecule is COc1cc(C(=O)Nc2nc3ccccc3s2)cc(SCCCc2ccccc2)n1. The second-order valence-electron chi connectivity index (χ2n) is 6.61. The summed E-state index contributed by atoms with van der Waals surface area (Å²) in [6.07, 6.45) is 2.05. The topological polar surface area (TPSA) is 64.1 Å². The number of carbonyl (C=O) groups excluding carboxylic acids is 1. The number of rotatable bonds is 8. The Kier molecular flexibility index (Phi) is 6.61. The molecule has 4 aromatic rings. The summed E-state index contributed by atoms with van der Waals surface area (Å²) in [5, 5.41) is 4.24. The molecule has 2 heterocycles. The Morgan fingerprint density at radius 2 is 1.87 bits per heavy atom. The highest BCUT2D eigenvalue weighted by Crippen LogP contribution is 2.27. The van der Waals surface area contributed by atoms with Gasteiger partial charge in [0, 0.05) is 11.6 Å². The molecule has 0 atom stereocenters. The normalized spacial score (nSPS) is 10.8. The molecule has 152 valence electrons. The van der Waals surface area contributed by atoms with Gasteiger partial charge in [-0.3, -0.25) is 10.1 Å². The van der Waals surface area contributed by atoms with Crippen LogP contribution in [0.15, 0.2) is 71.8 Å². The van der Waals surface area contributed by atoms with Crippen molar-refractivity contribution in [2.24, 2.45) is 0 Å². The molecule has 0 aliphatic heterocycles. The molecule has 5 nitrogen and oxygen atoms in total. The highest BCUT2D eigenvalue weighted by molar-refractivity contribution is 7.99. The van der Waals surface area contributed by atoms with Crippen molar-refractivity contribution in [3.05, 3.63) is 77.9 Å². The minimum absolute atomic E-state index is 0.221. The molecule has 0 aliphatic carbocycles. The molecule has 0 fully saturated rings. The van der Waals surface area contributed by atoms with Crippen LogP contribution in [0.4, 0.5) is 5.13 Å². The smallest absolute Gasteiger partial charge is 0.257 e. The number of thiazole rings is 1. The zero-order chi connectivity index (χ0) is 20.8.